The Balaban J connectivity index is 1.77. The highest BCUT2D eigenvalue weighted by Crippen LogP contribution is 2.17. The van der Waals surface area contributed by atoms with Gasteiger partial charge in [-0.25, -0.2) is 0 Å². The van der Waals surface area contributed by atoms with E-state index < -0.39 is 4.92 Å². The third kappa shape index (κ3) is 4.64. The van der Waals surface area contributed by atoms with Crippen molar-refractivity contribution in [2.24, 2.45) is 0 Å². The van der Waals surface area contributed by atoms with E-state index in [0.717, 1.165) is 0 Å². The molecule has 0 unspecified atom stereocenters. The molecule has 1 amide bonds. The van der Waals surface area contributed by atoms with Crippen LogP contribution in [0, 0.1) is 10.1 Å². The molecule has 2 rings (SSSR count). The van der Waals surface area contributed by atoms with Gasteiger partial charge in [-0.15, -0.1) is 0 Å². The van der Waals surface area contributed by atoms with Crippen LogP contribution < -0.4 is 10.1 Å². The van der Waals surface area contributed by atoms with E-state index in [9.17, 15) is 14.9 Å². The fourth-order valence-corrected chi connectivity index (χ4v) is 2.11. The third-order valence-corrected chi connectivity index (χ3v) is 3.32. The first kappa shape index (κ1) is 16.1. The summed E-state index contributed by atoms with van der Waals surface area (Å²) < 4.78 is 10.5. The van der Waals surface area contributed by atoms with Crippen LogP contribution in [-0.2, 0) is 9.53 Å². The molecule has 1 saturated heterocycles. The predicted molar refractivity (Wildman–Crippen MR) is 81.7 cm³/mol. The zero-order valence-electron chi connectivity index (χ0n) is 11.7. The Hall–Kier alpha value is -2.26. The summed E-state index contributed by atoms with van der Waals surface area (Å²) in [6, 6.07) is 5.49. The van der Waals surface area contributed by atoms with Crippen LogP contribution in [0.25, 0.3) is 0 Å². The van der Waals surface area contributed by atoms with Gasteiger partial charge in [0, 0.05) is 25.2 Å². The first-order valence-corrected chi connectivity index (χ1v) is 7.01. The van der Waals surface area contributed by atoms with E-state index in [-0.39, 0.29) is 18.2 Å². The molecule has 1 N–H and O–H groups in total. The topological polar surface area (TPSA) is 93.9 Å². The Morgan fingerprint density at radius 1 is 1.36 bits per heavy atom. The highest BCUT2D eigenvalue weighted by Gasteiger charge is 2.16. The number of hydrogen-bond donors (Lipinski definition) is 1. The number of carbonyl (C=O) groups excluding carboxylic acids is 1. The highest BCUT2D eigenvalue weighted by molar-refractivity contribution is 7.80. The van der Waals surface area contributed by atoms with Crippen molar-refractivity contribution in [2.45, 2.75) is 0 Å². The lowest BCUT2D eigenvalue weighted by Gasteiger charge is -2.28. The average molecular weight is 325 g/mol. The molecule has 0 spiro atoms. The van der Waals surface area contributed by atoms with Crippen molar-refractivity contribution in [3.63, 3.8) is 0 Å². The first-order chi connectivity index (χ1) is 10.6. The van der Waals surface area contributed by atoms with Crippen molar-refractivity contribution in [3.8, 4) is 5.75 Å². The van der Waals surface area contributed by atoms with E-state index in [2.05, 4.69) is 5.32 Å². The Morgan fingerprint density at radius 2 is 2.00 bits per heavy atom. The van der Waals surface area contributed by atoms with Crippen LogP contribution in [0.5, 0.6) is 5.75 Å². The molecule has 1 aliphatic heterocycles. The van der Waals surface area contributed by atoms with Crippen molar-refractivity contribution >= 4 is 28.9 Å². The van der Waals surface area contributed by atoms with Gasteiger partial charge in [0.15, 0.2) is 11.7 Å². The molecule has 1 aliphatic rings. The third-order valence-electron chi connectivity index (χ3n) is 2.96. The predicted octanol–water partition coefficient (Wildman–Crippen LogP) is 0.707. The molecule has 1 heterocycles. The number of nitro groups is 1. The van der Waals surface area contributed by atoms with Gasteiger partial charge in [0.1, 0.15) is 5.75 Å². The van der Waals surface area contributed by atoms with E-state index in [1.54, 1.807) is 0 Å². The van der Waals surface area contributed by atoms with Gasteiger partial charge in [-0.1, -0.05) is 0 Å². The minimum atomic E-state index is -0.503. The number of ether oxygens (including phenoxy) is 2. The molecule has 0 bridgehead atoms. The summed E-state index contributed by atoms with van der Waals surface area (Å²) in [6.07, 6.45) is 0. The Morgan fingerprint density at radius 3 is 2.59 bits per heavy atom. The second-order valence-corrected chi connectivity index (χ2v) is 4.88. The number of benzene rings is 1. The van der Waals surface area contributed by atoms with Crippen LogP contribution in [0.2, 0.25) is 0 Å². The summed E-state index contributed by atoms with van der Waals surface area (Å²) in [5.74, 6) is -0.00659. The quantitative estimate of drug-likeness (QED) is 0.495. The Labute approximate surface area is 132 Å². The van der Waals surface area contributed by atoms with Crippen LogP contribution in [-0.4, -0.2) is 53.8 Å². The molecule has 22 heavy (non-hydrogen) atoms. The van der Waals surface area contributed by atoms with Crippen molar-refractivity contribution in [2.75, 3.05) is 32.9 Å². The SMILES string of the molecule is O=C(COc1ccc([N+](=O)[O-])cc1)NC(=S)N1CCOCC1. The van der Waals surface area contributed by atoms with E-state index in [0.29, 0.717) is 37.2 Å². The number of nitrogens with zero attached hydrogens (tertiary/aromatic N) is 2. The summed E-state index contributed by atoms with van der Waals surface area (Å²) >= 11 is 5.13. The molecule has 0 aliphatic carbocycles. The fraction of sp³-hybridized carbons (Fsp3) is 0.385. The van der Waals surface area contributed by atoms with Crippen LogP contribution in [0.1, 0.15) is 0 Å². The van der Waals surface area contributed by atoms with E-state index in [1.807, 2.05) is 4.90 Å². The van der Waals surface area contributed by atoms with Crippen LogP contribution in [0.3, 0.4) is 0 Å². The lowest BCUT2D eigenvalue weighted by Crippen LogP contribution is -2.48. The molecule has 8 nitrogen and oxygen atoms in total. The highest BCUT2D eigenvalue weighted by atomic mass is 32.1. The summed E-state index contributed by atoms with van der Waals surface area (Å²) in [7, 11) is 0. The monoisotopic (exact) mass is 325 g/mol. The van der Waals surface area contributed by atoms with Crippen molar-refractivity contribution < 1.29 is 19.2 Å². The molecule has 0 aromatic heterocycles. The lowest BCUT2D eigenvalue weighted by atomic mass is 10.3. The molecule has 0 atom stereocenters. The zero-order chi connectivity index (χ0) is 15.9. The Kier molecular flexibility index (Phi) is 5.61. The number of rotatable bonds is 4. The number of morpholine rings is 1. The smallest absolute Gasteiger partial charge is 0.269 e. The van der Waals surface area contributed by atoms with Gasteiger partial charge in [-0.05, 0) is 24.4 Å². The lowest BCUT2D eigenvalue weighted by molar-refractivity contribution is -0.384. The van der Waals surface area contributed by atoms with Gasteiger partial charge in [0.25, 0.3) is 11.6 Å². The van der Waals surface area contributed by atoms with Gasteiger partial charge in [-0.2, -0.15) is 0 Å². The maximum Gasteiger partial charge on any atom is 0.269 e. The maximum absolute atomic E-state index is 11.8. The van der Waals surface area contributed by atoms with Crippen molar-refractivity contribution in [1.29, 1.82) is 0 Å². The van der Waals surface area contributed by atoms with E-state index in [4.69, 9.17) is 21.7 Å². The number of thiocarbonyl (C=S) groups is 1. The second-order valence-electron chi connectivity index (χ2n) is 4.49. The molecular weight excluding hydrogens is 310 g/mol. The van der Waals surface area contributed by atoms with E-state index >= 15 is 0 Å². The van der Waals surface area contributed by atoms with Crippen molar-refractivity contribution in [3.05, 3.63) is 34.4 Å². The number of nitrogens with one attached hydrogen (secondary N) is 1. The molecular formula is C13H15N3O5S. The standard InChI is InChI=1S/C13H15N3O5S/c17-12(14-13(22)15-5-7-20-8-6-15)9-21-11-3-1-10(2-4-11)16(18)19/h1-4H,5-9H2,(H,14,17,22). The molecule has 0 saturated carbocycles. The fourth-order valence-electron chi connectivity index (χ4n) is 1.81. The first-order valence-electron chi connectivity index (χ1n) is 6.60. The molecule has 1 aromatic carbocycles. The van der Waals surface area contributed by atoms with Gasteiger partial charge in [0.2, 0.25) is 0 Å². The van der Waals surface area contributed by atoms with Gasteiger partial charge in [-0.3, -0.25) is 14.9 Å². The van der Waals surface area contributed by atoms with Gasteiger partial charge in [0.05, 0.1) is 18.1 Å². The number of hydrogen-bond acceptors (Lipinski definition) is 6. The van der Waals surface area contributed by atoms with Gasteiger partial charge < -0.3 is 19.7 Å². The summed E-state index contributed by atoms with van der Waals surface area (Å²) in [5, 5.41) is 13.4. The largest absolute Gasteiger partial charge is 0.484 e. The minimum absolute atomic E-state index is 0.0368. The van der Waals surface area contributed by atoms with Crippen molar-refractivity contribution in [1.82, 2.24) is 10.2 Å². The number of carbonyl (C=O) groups is 1. The number of non-ortho nitro benzene ring substituents is 1. The molecule has 1 aromatic rings. The van der Waals surface area contributed by atoms with Crippen LogP contribution >= 0.6 is 12.2 Å². The second kappa shape index (κ2) is 7.66. The number of amides is 1. The molecule has 1 fully saturated rings. The molecule has 118 valence electrons. The van der Waals surface area contributed by atoms with Gasteiger partial charge >= 0.3 is 0 Å². The molecule has 9 heteroatoms. The Bertz CT molecular complexity index is 557. The summed E-state index contributed by atoms with van der Waals surface area (Å²) in [6.45, 7) is 2.22. The molecule has 0 radical (unpaired) electrons. The average Bonchev–Trinajstić information content (AvgIpc) is 2.54. The number of nitro benzene ring substituents is 1. The summed E-state index contributed by atoms with van der Waals surface area (Å²) in [5.41, 5.74) is -0.0368. The zero-order valence-corrected chi connectivity index (χ0v) is 12.5. The van der Waals surface area contributed by atoms with E-state index in [1.165, 1.54) is 24.3 Å². The summed E-state index contributed by atoms with van der Waals surface area (Å²) in [4.78, 5) is 23.6. The normalized spacial score (nSPS) is 14.3. The minimum Gasteiger partial charge on any atom is -0.484 e. The van der Waals surface area contributed by atoms with Crippen LogP contribution in [0.15, 0.2) is 24.3 Å². The van der Waals surface area contributed by atoms with Crippen LogP contribution in [0.4, 0.5) is 5.69 Å². The maximum atomic E-state index is 11.8.